The molecule has 3 unspecified atom stereocenters. The predicted molar refractivity (Wildman–Crippen MR) is 334 cm³/mol. The number of hydrogen-bond acceptors (Lipinski definition) is 16. The second kappa shape index (κ2) is 38.1. The number of alkyl carbamates (subject to hydrolysis) is 3. The van der Waals surface area contributed by atoms with Gasteiger partial charge in [0.1, 0.15) is 53.9 Å². The average Bonchev–Trinajstić information content (AvgIpc) is 4.12. The van der Waals surface area contributed by atoms with E-state index in [9.17, 15) is 52.7 Å². The Bertz CT molecular complexity index is 2570. The van der Waals surface area contributed by atoms with E-state index in [0.717, 1.165) is 11.1 Å². The quantitative estimate of drug-likeness (QED) is 0.0371. The highest BCUT2D eigenvalue weighted by Gasteiger charge is 2.41. The molecule has 88 heavy (non-hydrogen) atoms. The van der Waals surface area contributed by atoms with E-state index in [1.165, 1.54) is 25.7 Å². The molecule has 0 saturated carbocycles. The van der Waals surface area contributed by atoms with Gasteiger partial charge in [-0.15, -0.1) is 0 Å². The summed E-state index contributed by atoms with van der Waals surface area (Å²) in [7, 11) is 0. The second-order valence-electron chi connectivity index (χ2n) is 25.9. The van der Waals surface area contributed by atoms with Crippen LogP contribution in [0.2, 0.25) is 0 Å². The summed E-state index contributed by atoms with van der Waals surface area (Å²) in [4.78, 5) is 138. The van der Waals surface area contributed by atoms with Gasteiger partial charge in [-0.25, -0.2) is 19.2 Å². The molecular formula is C66H105N5O17. The number of rotatable bonds is 24. The maximum absolute atomic E-state index is 13.7. The minimum Gasteiger partial charge on any atom is -0.481 e. The zero-order valence-corrected chi connectivity index (χ0v) is 56.4. The molecule has 8 atom stereocenters. The van der Waals surface area contributed by atoms with Crippen molar-refractivity contribution in [3.63, 3.8) is 0 Å². The Labute approximate surface area is 522 Å². The first kappa shape index (κ1) is 80.6. The molecule has 22 heteroatoms. The summed E-state index contributed by atoms with van der Waals surface area (Å²) in [6, 6.07) is 14.2. The van der Waals surface area contributed by atoms with Crippen LogP contribution in [0, 0.1) is 41.4 Å². The number of ether oxygens (including phenoxy) is 5. The van der Waals surface area contributed by atoms with Gasteiger partial charge < -0.3 is 55.0 Å². The highest BCUT2D eigenvalue weighted by molar-refractivity contribution is 6.06. The van der Waals surface area contributed by atoms with Crippen molar-refractivity contribution in [3.05, 3.63) is 71.8 Å². The van der Waals surface area contributed by atoms with E-state index in [0.29, 0.717) is 25.8 Å². The van der Waals surface area contributed by atoms with Crippen molar-refractivity contribution in [2.75, 3.05) is 6.54 Å². The zero-order chi connectivity index (χ0) is 68.2. The van der Waals surface area contributed by atoms with Gasteiger partial charge in [0.15, 0.2) is 17.3 Å². The summed E-state index contributed by atoms with van der Waals surface area (Å²) in [5.41, 5.74) is -0.403. The first-order valence-electron chi connectivity index (χ1n) is 30.4. The van der Waals surface area contributed by atoms with Gasteiger partial charge in [0.05, 0.1) is 24.0 Å². The van der Waals surface area contributed by atoms with E-state index in [4.69, 9.17) is 28.8 Å². The van der Waals surface area contributed by atoms with Crippen LogP contribution in [0.25, 0.3) is 0 Å². The number of aliphatic carboxylic acids is 1. The fraction of sp³-hybridized carbons (Fsp3) is 0.652. The summed E-state index contributed by atoms with van der Waals surface area (Å²) < 4.78 is 26.3. The van der Waals surface area contributed by atoms with Gasteiger partial charge in [-0.2, -0.15) is 0 Å². The van der Waals surface area contributed by atoms with Crippen molar-refractivity contribution < 1.29 is 81.5 Å². The number of esters is 2. The number of likely N-dealkylation sites (tertiary alicyclic amines) is 1. The maximum Gasteiger partial charge on any atom is 0.408 e. The Morgan fingerprint density at radius 1 is 0.511 bits per heavy atom. The highest BCUT2D eigenvalue weighted by Crippen LogP contribution is 2.23. The number of nitrogens with one attached hydrogen (secondary N) is 4. The molecule has 22 nitrogen and oxygen atoms in total. The molecule has 1 aliphatic rings. The van der Waals surface area contributed by atoms with E-state index in [-0.39, 0.29) is 42.8 Å². The third kappa shape index (κ3) is 31.0. The molecule has 0 radical (unpaired) electrons. The number of carbonyl (C=O) groups is 11. The van der Waals surface area contributed by atoms with E-state index >= 15 is 0 Å². The Morgan fingerprint density at radius 2 is 0.864 bits per heavy atom. The molecule has 2 aromatic carbocycles. The Balaban J connectivity index is 0.00000138. The highest BCUT2D eigenvalue weighted by atomic mass is 16.6. The standard InChI is InChI=1S/C31H47N3O7.C20H29NO5.C13H23NO5.C2H6/c1-19(2)17-23(28(37)34-16-12-15-24(34)29(38)40-18-22-13-10-9-11-14-22)32-27(36)21(5)26(35)25(20(3)4)33-30(39)41-31(6,7)8;1-13(2)16(21-19(24)26-20(4,5)6)17(22)14(3)18(23)25-12-15-10-8-7-9-11-15;1-7(2)9(10(15)8(3)11(16)17)14-12(18)19-13(4,5)6;1-2/h9-11,13-14,19-21,23-25H,12,15-18H2,1-8H3,(H,32,36)(H,33,39);7-11,13-14,16H,12H2,1-6H3,(H,21,24);7-9H,1-6H3,(H,14,18)(H,16,17);1-2H3/t21?,23-,24-,25-;14?,16-;8?,9-;/m000./s1. The Kier molecular flexibility index (Phi) is 34.9. The Hall–Kier alpha value is -7.39. The van der Waals surface area contributed by atoms with Crippen molar-refractivity contribution in [3.8, 4) is 0 Å². The molecule has 5 N–H and O–H groups in total. The number of amides is 5. The zero-order valence-electron chi connectivity index (χ0n) is 56.4. The van der Waals surface area contributed by atoms with E-state index in [1.807, 2.05) is 88.4 Å². The van der Waals surface area contributed by atoms with Gasteiger partial charge in [0, 0.05) is 6.54 Å². The van der Waals surface area contributed by atoms with Crippen LogP contribution in [-0.2, 0) is 75.3 Å². The molecule has 2 aromatic rings. The van der Waals surface area contributed by atoms with Crippen LogP contribution in [0.1, 0.15) is 183 Å². The lowest BCUT2D eigenvalue weighted by atomic mass is 9.91. The molecule has 0 aliphatic carbocycles. The SMILES string of the molecule is CC.CC(C(=O)O)C(=O)[C@@H](NC(=O)OC(C)(C)C)C(C)C.CC(C(=O)OCc1ccccc1)C(=O)[C@@H](NC(=O)OC(C)(C)C)C(C)C.CC(C)C[C@H](NC(=O)C(C)C(=O)[C@@H](NC(=O)OC(C)(C)C)C(C)C)C(=O)N1CCC[C@H]1C(=O)OCc1ccccc1. The van der Waals surface area contributed by atoms with Crippen LogP contribution in [-0.4, -0.2) is 129 Å². The monoisotopic (exact) mass is 1240 g/mol. The summed E-state index contributed by atoms with van der Waals surface area (Å²) in [6.45, 7) is 38.7. The summed E-state index contributed by atoms with van der Waals surface area (Å²) in [5, 5.41) is 19.2. The molecule has 0 spiro atoms. The molecule has 0 bridgehead atoms. The summed E-state index contributed by atoms with van der Waals surface area (Å²) in [5.74, 6) is -8.66. The average molecular weight is 1240 g/mol. The minimum absolute atomic E-state index is 0.0543. The number of carboxylic acid groups (broad SMARTS) is 1. The fourth-order valence-corrected chi connectivity index (χ4v) is 8.32. The maximum atomic E-state index is 13.7. The van der Waals surface area contributed by atoms with Crippen LogP contribution in [0.15, 0.2) is 60.7 Å². The van der Waals surface area contributed by atoms with Gasteiger partial charge in [-0.3, -0.25) is 33.6 Å². The molecule has 1 fully saturated rings. The number of carbonyl (C=O) groups excluding carboxylic acids is 10. The molecule has 3 rings (SSSR count). The van der Waals surface area contributed by atoms with Crippen molar-refractivity contribution in [2.45, 2.75) is 232 Å². The number of hydrogen-bond donors (Lipinski definition) is 5. The summed E-state index contributed by atoms with van der Waals surface area (Å²) >= 11 is 0. The smallest absolute Gasteiger partial charge is 0.408 e. The predicted octanol–water partition coefficient (Wildman–Crippen LogP) is 10.3. The lowest BCUT2D eigenvalue weighted by Crippen LogP contribution is -2.55. The number of nitrogens with zero attached hydrogens (tertiary/aromatic N) is 1. The van der Waals surface area contributed by atoms with Crippen molar-refractivity contribution >= 4 is 65.4 Å². The van der Waals surface area contributed by atoms with Gasteiger partial charge >= 0.3 is 36.2 Å². The normalized spacial score (nSPS) is 15.4. The van der Waals surface area contributed by atoms with Crippen LogP contribution >= 0.6 is 0 Å². The Morgan fingerprint density at radius 3 is 1.20 bits per heavy atom. The van der Waals surface area contributed by atoms with E-state index in [1.54, 1.807) is 104 Å². The van der Waals surface area contributed by atoms with Crippen LogP contribution in [0.5, 0.6) is 0 Å². The molecule has 1 aliphatic heterocycles. The van der Waals surface area contributed by atoms with Crippen LogP contribution < -0.4 is 21.3 Å². The van der Waals surface area contributed by atoms with Gasteiger partial charge in [0.2, 0.25) is 11.8 Å². The lowest BCUT2D eigenvalue weighted by Gasteiger charge is -2.30. The van der Waals surface area contributed by atoms with Crippen molar-refractivity contribution in [2.24, 2.45) is 41.4 Å². The number of ketones is 3. The van der Waals surface area contributed by atoms with Crippen LogP contribution in [0.3, 0.4) is 0 Å². The molecule has 0 aromatic heterocycles. The van der Waals surface area contributed by atoms with Crippen molar-refractivity contribution in [1.29, 1.82) is 0 Å². The number of benzene rings is 2. The molecule has 1 saturated heterocycles. The third-order valence-corrected chi connectivity index (χ3v) is 12.9. The molecule has 5 amide bonds. The van der Waals surface area contributed by atoms with E-state index < -0.39 is 124 Å². The van der Waals surface area contributed by atoms with Crippen molar-refractivity contribution in [1.82, 2.24) is 26.2 Å². The van der Waals surface area contributed by atoms with Gasteiger partial charge in [-0.1, -0.05) is 130 Å². The molecular weight excluding hydrogens is 1130 g/mol. The van der Waals surface area contributed by atoms with Gasteiger partial charge in [-0.05, 0) is 137 Å². The lowest BCUT2D eigenvalue weighted by molar-refractivity contribution is -0.155. The first-order valence-corrected chi connectivity index (χ1v) is 30.4. The minimum atomic E-state index is -1.21. The molecule has 496 valence electrons. The summed E-state index contributed by atoms with van der Waals surface area (Å²) in [6.07, 6.45) is -0.711. The largest absolute Gasteiger partial charge is 0.481 e. The van der Waals surface area contributed by atoms with Gasteiger partial charge in [0.25, 0.3) is 0 Å². The molecule has 1 heterocycles. The third-order valence-electron chi connectivity index (χ3n) is 12.9. The fourth-order valence-electron chi connectivity index (χ4n) is 8.32. The van der Waals surface area contributed by atoms with Crippen LogP contribution in [0.4, 0.5) is 14.4 Å². The number of Topliss-reactive ketones (excluding diaryl/α,β-unsaturated/α-hetero) is 3. The second-order valence-corrected chi connectivity index (χ2v) is 25.9. The van der Waals surface area contributed by atoms with E-state index in [2.05, 4.69) is 21.3 Å². The first-order chi connectivity index (χ1) is 40.6. The topological polar surface area (TPSA) is 306 Å². The number of carboxylic acids is 1.